The van der Waals surface area contributed by atoms with Crippen LogP contribution in [0.5, 0.6) is 0 Å². The van der Waals surface area contributed by atoms with Crippen LogP contribution in [0.1, 0.15) is 32.4 Å². The summed E-state index contributed by atoms with van der Waals surface area (Å²) in [6, 6.07) is 9.30. The van der Waals surface area contributed by atoms with Gasteiger partial charge in [-0.05, 0) is 36.8 Å². The number of rotatable bonds is 8. The van der Waals surface area contributed by atoms with E-state index in [0.29, 0.717) is 13.1 Å². The summed E-state index contributed by atoms with van der Waals surface area (Å²) in [5, 5.41) is 14.1. The summed E-state index contributed by atoms with van der Waals surface area (Å²) in [5.74, 6) is -0.689. The smallest absolute Gasteiger partial charge is 0.295 e. The molecule has 0 radical (unpaired) electrons. The first-order valence-corrected chi connectivity index (χ1v) is 9.95. The van der Waals surface area contributed by atoms with Gasteiger partial charge in [0.25, 0.3) is 5.69 Å². The minimum Gasteiger partial charge on any atom is -0.373 e. The van der Waals surface area contributed by atoms with Crippen LogP contribution >= 0.6 is 0 Å². The van der Waals surface area contributed by atoms with Crippen molar-refractivity contribution in [1.82, 2.24) is 4.31 Å². The molecule has 0 saturated heterocycles. The average molecular weight is 395 g/mol. The number of hydrogen-bond acceptors (Lipinski definition) is 5. The second-order valence-electron chi connectivity index (χ2n) is 5.94. The minimum atomic E-state index is -3.54. The lowest BCUT2D eigenvalue weighted by atomic mass is 10.1. The van der Waals surface area contributed by atoms with E-state index in [1.807, 2.05) is 0 Å². The first-order chi connectivity index (χ1) is 12.7. The summed E-state index contributed by atoms with van der Waals surface area (Å²) in [4.78, 5) is 10.6. The Morgan fingerprint density at radius 3 is 2.26 bits per heavy atom. The van der Waals surface area contributed by atoms with E-state index in [0.717, 1.165) is 17.7 Å². The van der Waals surface area contributed by atoms with Crippen molar-refractivity contribution in [2.75, 3.05) is 18.4 Å². The van der Waals surface area contributed by atoms with Crippen molar-refractivity contribution in [2.24, 2.45) is 0 Å². The monoisotopic (exact) mass is 395 g/mol. The van der Waals surface area contributed by atoms with Gasteiger partial charge in [-0.3, -0.25) is 10.1 Å². The highest BCUT2D eigenvalue weighted by Gasteiger charge is 2.22. The van der Waals surface area contributed by atoms with Crippen molar-refractivity contribution in [3.05, 3.63) is 64.0 Å². The summed E-state index contributed by atoms with van der Waals surface area (Å²) in [5.41, 5.74) is 0.573. The summed E-state index contributed by atoms with van der Waals surface area (Å²) >= 11 is 0. The molecule has 0 saturated carbocycles. The molecule has 0 aromatic heterocycles. The van der Waals surface area contributed by atoms with Crippen LogP contribution < -0.4 is 5.32 Å². The highest BCUT2D eigenvalue weighted by Crippen LogP contribution is 2.29. The molecule has 0 spiro atoms. The molecule has 1 atom stereocenters. The fourth-order valence-electron chi connectivity index (χ4n) is 2.74. The van der Waals surface area contributed by atoms with Crippen LogP contribution in [-0.2, 0) is 10.0 Å². The van der Waals surface area contributed by atoms with Gasteiger partial charge in [0.1, 0.15) is 11.5 Å². The van der Waals surface area contributed by atoms with Gasteiger partial charge in [0, 0.05) is 19.1 Å². The molecular weight excluding hydrogens is 373 g/mol. The number of nitrogens with zero attached hydrogens (tertiary/aromatic N) is 2. The number of benzene rings is 2. The van der Waals surface area contributed by atoms with Crippen LogP contribution in [0.4, 0.5) is 15.8 Å². The zero-order valence-corrected chi connectivity index (χ0v) is 16.2. The van der Waals surface area contributed by atoms with E-state index in [-0.39, 0.29) is 22.3 Å². The summed E-state index contributed by atoms with van der Waals surface area (Å²) in [6.45, 7) is 6.09. The number of nitro benzene ring substituents is 1. The maximum absolute atomic E-state index is 13.3. The third-order valence-corrected chi connectivity index (χ3v) is 6.32. The Labute approximate surface area is 158 Å². The average Bonchev–Trinajstić information content (AvgIpc) is 2.63. The van der Waals surface area contributed by atoms with Crippen molar-refractivity contribution in [1.29, 1.82) is 0 Å². The normalized spacial score (nSPS) is 12.8. The molecule has 2 aromatic carbocycles. The van der Waals surface area contributed by atoms with E-state index in [1.165, 1.54) is 22.5 Å². The molecule has 9 heteroatoms. The number of hydrogen-bond donors (Lipinski definition) is 1. The predicted molar refractivity (Wildman–Crippen MR) is 102 cm³/mol. The Morgan fingerprint density at radius 1 is 1.15 bits per heavy atom. The Morgan fingerprint density at radius 2 is 1.74 bits per heavy atom. The lowest BCUT2D eigenvalue weighted by Crippen LogP contribution is -2.30. The highest BCUT2D eigenvalue weighted by atomic mass is 32.2. The third-order valence-electron chi connectivity index (χ3n) is 4.25. The summed E-state index contributed by atoms with van der Waals surface area (Å²) < 4.78 is 39.7. The number of nitro groups is 1. The predicted octanol–water partition coefficient (Wildman–Crippen LogP) is 3.94. The molecular formula is C18H22FN3O4S. The van der Waals surface area contributed by atoms with E-state index in [9.17, 15) is 22.9 Å². The molecule has 0 aliphatic carbocycles. The van der Waals surface area contributed by atoms with Crippen molar-refractivity contribution in [3.8, 4) is 0 Å². The number of nitrogens with one attached hydrogen (secondary N) is 1. The largest absolute Gasteiger partial charge is 0.373 e. The number of sulfonamides is 1. The Balaban J connectivity index is 2.24. The van der Waals surface area contributed by atoms with Crippen LogP contribution in [-0.4, -0.2) is 30.7 Å². The van der Waals surface area contributed by atoms with Gasteiger partial charge in [0.15, 0.2) is 0 Å². The maximum atomic E-state index is 13.3. The molecule has 2 aromatic rings. The molecule has 27 heavy (non-hydrogen) atoms. The quantitative estimate of drug-likeness (QED) is 0.540. The van der Waals surface area contributed by atoms with Crippen molar-refractivity contribution in [2.45, 2.75) is 31.7 Å². The summed E-state index contributed by atoms with van der Waals surface area (Å²) in [6.07, 6.45) is 0. The van der Waals surface area contributed by atoms with Gasteiger partial charge in [0.05, 0.1) is 15.9 Å². The van der Waals surface area contributed by atoms with E-state index in [1.54, 1.807) is 32.9 Å². The van der Waals surface area contributed by atoms with Gasteiger partial charge < -0.3 is 5.32 Å². The van der Waals surface area contributed by atoms with Gasteiger partial charge in [0.2, 0.25) is 10.0 Å². The second-order valence-corrected chi connectivity index (χ2v) is 7.88. The molecule has 0 amide bonds. The highest BCUT2D eigenvalue weighted by molar-refractivity contribution is 7.89. The molecule has 2 rings (SSSR count). The Kier molecular flexibility index (Phi) is 6.50. The van der Waals surface area contributed by atoms with E-state index < -0.39 is 20.8 Å². The van der Waals surface area contributed by atoms with Gasteiger partial charge >= 0.3 is 0 Å². The minimum absolute atomic E-state index is 0.189. The molecule has 146 valence electrons. The first kappa shape index (κ1) is 20.8. The SMILES string of the molecule is CCN(CC)S(=O)(=O)c1ccc(C(C)Nc2ccc(F)cc2[N+](=O)[O-])cc1. The molecule has 0 aliphatic heterocycles. The molecule has 0 fully saturated rings. The van der Waals surface area contributed by atoms with E-state index in [2.05, 4.69) is 5.32 Å². The lowest BCUT2D eigenvalue weighted by molar-refractivity contribution is -0.384. The van der Waals surface area contributed by atoms with Crippen LogP contribution in [0, 0.1) is 15.9 Å². The number of halogens is 1. The van der Waals surface area contributed by atoms with Gasteiger partial charge in [-0.2, -0.15) is 4.31 Å². The van der Waals surface area contributed by atoms with Crippen LogP contribution in [0.25, 0.3) is 0 Å². The lowest BCUT2D eigenvalue weighted by Gasteiger charge is -2.19. The maximum Gasteiger partial charge on any atom is 0.295 e. The molecule has 1 N–H and O–H groups in total. The second kappa shape index (κ2) is 8.45. The van der Waals surface area contributed by atoms with Gasteiger partial charge in [-0.15, -0.1) is 0 Å². The topological polar surface area (TPSA) is 92.6 Å². The standard InChI is InChI=1S/C18H22FN3O4S/c1-4-21(5-2)27(25,26)16-9-6-14(7-10-16)13(3)20-17-11-8-15(19)12-18(17)22(23)24/h6-13,20H,4-5H2,1-3H3. The molecule has 0 bridgehead atoms. The first-order valence-electron chi connectivity index (χ1n) is 8.51. The van der Waals surface area contributed by atoms with Gasteiger partial charge in [-0.25, -0.2) is 12.8 Å². The molecule has 0 heterocycles. The molecule has 7 nitrogen and oxygen atoms in total. The van der Waals surface area contributed by atoms with Crippen LogP contribution in [0.3, 0.4) is 0 Å². The van der Waals surface area contributed by atoms with Crippen molar-refractivity contribution >= 4 is 21.4 Å². The summed E-state index contributed by atoms with van der Waals surface area (Å²) in [7, 11) is -3.54. The third kappa shape index (κ3) is 4.61. The van der Waals surface area contributed by atoms with Crippen LogP contribution in [0.2, 0.25) is 0 Å². The van der Waals surface area contributed by atoms with Gasteiger partial charge in [-0.1, -0.05) is 26.0 Å². The fraction of sp³-hybridized carbons (Fsp3) is 0.333. The fourth-order valence-corrected chi connectivity index (χ4v) is 4.19. The van der Waals surface area contributed by atoms with Crippen molar-refractivity contribution in [3.63, 3.8) is 0 Å². The zero-order chi connectivity index (χ0) is 20.2. The number of anilines is 1. The van der Waals surface area contributed by atoms with Crippen LogP contribution in [0.15, 0.2) is 47.4 Å². The Bertz CT molecular complexity index is 913. The molecule has 0 aliphatic rings. The van der Waals surface area contributed by atoms with Crippen molar-refractivity contribution < 1.29 is 17.7 Å². The van der Waals surface area contributed by atoms with E-state index in [4.69, 9.17) is 0 Å². The molecule has 1 unspecified atom stereocenters. The van der Waals surface area contributed by atoms with E-state index >= 15 is 0 Å². The Hall–Kier alpha value is -2.52. The zero-order valence-electron chi connectivity index (χ0n) is 15.3.